The summed E-state index contributed by atoms with van der Waals surface area (Å²) in [6.07, 6.45) is 6.22. The van der Waals surface area contributed by atoms with Gasteiger partial charge in [-0.25, -0.2) is 0 Å². The predicted octanol–water partition coefficient (Wildman–Crippen LogP) is 3.16. The van der Waals surface area contributed by atoms with Crippen LogP contribution in [0, 0.1) is 11.3 Å². The van der Waals surface area contributed by atoms with E-state index >= 15 is 0 Å². The Morgan fingerprint density at radius 1 is 1.47 bits per heavy atom. The molecule has 4 nitrogen and oxygen atoms in total. The van der Waals surface area contributed by atoms with E-state index in [0.29, 0.717) is 6.42 Å². The second-order valence-electron chi connectivity index (χ2n) is 5.48. The highest BCUT2D eigenvalue weighted by molar-refractivity contribution is 7.19. The first-order valence-electron chi connectivity index (χ1n) is 6.98. The summed E-state index contributed by atoms with van der Waals surface area (Å²) in [5, 5.41) is 8.29. The molecule has 5 heteroatoms. The molecule has 0 N–H and O–H groups in total. The summed E-state index contributed by atoms with van der Waals surface area (Å²) < 4.78 is 10.9. The van der Waals surface area contributed by atoms with Crippen LogP contribution in [0.25, 0.3) is 0 Å². The first-order chi connectivity index (χ1) is 8.93. The molecule has 0 aromatic carbocycles. The zero-order chi connectivity index (χ0) is 14.3. The quantitative estimate of drug-likeness (QED) is 0.427. The van der Waals surface area contributed by atoms with Crippen molar-refractivity contribution in [2.45, 2.75) is 76.3 Å². The normalized spacial score (nSPS) is 21.2. The van der Waals surface area contributed by atoms with Crippen LogP contribution in [0.3, 0.4) is 0 Å². The summed E-state index contributed by atoms with van der Waals surface area (Å²) in [5.74, 6) is -0.299. The van der Waals surface area contributed by atoms with E-state index in [2.05, 4.69) is 15.3 Å². The molecule has 19 heavy (non-hydrogen) atoms. The molecule has 0 aromatic heterocycles. The number of nitrogens with zero attached hydrogens (tertiary/aromatic N) is 1. The van der Waals surface area contributed by atoms with Crippen molar-refractivity contribution >= 4 is 15.2 Å². The molecule has 0 aromatic rings. The molecule has 3 unspecified atom stereocenters. The standard InChI is InChI=1S/C14H24NO3P/c1-11(17-12-6-4-3-5-7-12)18-13(16)8-9-14(2,19)10-15/h11-12H,3-9,19H2,1-2H3. The number of esters is 1. The number of carbonyl (C=O) groups excluding carboxylic acids is 1. The van der Waals surface area contributed by atoms with Gasteiger partial charge in [-0.15, -0.1) is 9.24 Å². The number of nitriles is 1. The molecule has 0 spiro atoms. The van der Waals surface area contributed by atoms with E-state index in [1.54, 1.807) is 13.8 Å². The minimum Gasteiger partial charge on any atom is -0.436 e. The van der Waals surface area contributed by atoms with Crippen LogP contribution in [0.1, 0.15) is 58.8 Å². The lowest BCUT2D eigenvalue weighted by molar-refractivity contribution is -0.187. The second-order valence-corrected chi connectivity index (χ2v) is 6.76. The smallest absolute Gasteiger partial charge is 0.308 e. The average molecular weight is 285 g/mol. The molecule has 1 aliphatic rings. The van der Waals surface area contributed by atoms with Gasteiger partial charge in [-0.2, -0.15) is 5.26 Å². The van der Waals surface area contributed by atoms with Gasteiger partial charge in [0.05, 0.1) is 17.3 Å². The third-order valence-electron chi connectivity index (χ3n) is 3.34. The molecule has 0 saturated heterocycles. The maximum absolute atomic E-state index is 11.6. The third-order valence-corrected chi connectivity index (χ3v) is 3.76. The molecule has 0 radical (unpaired) electrons. The Hall–Kier alpha value is -0.650. The SMILES string of the molecule is CC(OC(=O)CCC(C)(P)C#N)OC1CCCCC1. The molecule has 1 aliphatic carbocycles. The van der Waals surface area contributed by atoms with Crippen molar-refractivity contribution in [1.82, 2.24) is 0 Å². The molecule has 0 bridgehead atoms. The van der Waals surface area contributed by atoms with Crippen LogP contribution in [-0.2, 0) is 14.3 Å². The van der Waals surface area contributed by atoms with Gasteiger partial charge >= 0.3 is 5.97 Å². The molecular weight excluding hydrogens is 261 g/mol. The van der Waals surface area contributed by atoms with Crippen molar-refractivity contribution < 1.29 is 14.3 Å². The van der Waals surface area contributed by atoms with Crippen LogP contribution in [0.4, 0.5) is 0 Å². The monoisotopic (exact) mass is 285 g/mol. The number of hydrogen-bond donors (Lipinski definition) is 0. The summed E-state index contributed by atoms with van der Waals surface area (Å²) >= 11 is 0. The van der Waals surface area contributed by atoms with Gasteiger partial charge in [-0.05, 0) is 33.1 Å². The average Bonchev–Trinajstić information content (AvgIpc) is 2.37. The van der Waals surface area contributed by atoms with Crippen LogP contribution >= 0.6 is 9.24 Å². The van der Waals surface area contributed by atoms with E-state index in [-0.39, 0.29) is 18.5 Å². The lowest BCUT2D eigenvalue weighted by atomic mass is 9.98. The molecule has 0 heterocycles. The molecule has 3 atom stereocenters. The number of carbonyl (C=O) groups is 1. The molecule has 1 fully saturated rings. The van der Waals surface area contributed by atoms with Gasteiger partial charge in [0, 0.05) is 6.42 Å². The molecule has 1 saturated carbocycles. The summed E-state index contributed by atoms with van der Waals surface area (Å²) in [6.45, 7) is 3.55. The van der Waals surface area contributed by atoms with E-state index in [9.17, 15) is 4.79 Å². The predicted molar refractivity (Wildman–Crippen MR) is 76.5 cm³/mol. The highest BCUT2D eigenvalue weighted by Crippen LogP contribution is 2.24. The number of rotatable bonds is 6. The Bertz CT molecular complexity index is 332. The fourth-order valence-electron chi connectivity index (χ4n) is 2.16. The summed E-state index contributed by atoms with van der Waals surface area (Å²) in [4.78, 5) is 11.6. The zero-order valence-electron chi connectivity index (χ0n) is 11.9. The highest BCUT2D eigenvalue weighted by atomic mass is 31.0. The highest BCUT2D eigenvalue weighted by Gasteiger charge is 2.22. The Kier molecular flexibility index (Phi) is 6.75. The van der Waals surface area contributed by atoms with Gasteiger partial charge in [0.2, 0.25) is 0 Å². The molecular formula is C14H24NO3P. The number of ether oxygens (including phenoxy) is 2. The van der Waals surface area contributed by atoms with Gasteiger partial charge in [0.1, 0.15) is 0 Å². The van der Waals surface area contributed by atoms with E-state index in [1.807, 2.05) is 0 Å². The van der Waals surface area contributed by atoms with Crippen molar-refractivity contribution in [1.29, 1.82) is 5.26 Å². The Balaban J connectivity index is 2.22. The van der Waals surface area contributed by atoms with Crippen molar-refractivity contribution in [3.05, 3.63) is 0 Å². The largest absolute Gasteiger partial charge is 0.436 e. The van der Waals surface area contributed by atoms with Crippen LogP contribution in [0.2, 0.25) is 0 Å². The van der Waals surface area contributed by atoms with Crippen molar-refractivity contribution in [3.63, 3.8) is 0 Å². The fraction of sp³-hybridized carbons (Fsp3) is 0.857. The molecule has 1 rings (SSSR count). The van der Waals surface area contributed by atoms with Gasteiger partial charge < -0.3 is 9.47 Å². The minimum absolute atomic E-state index is 0.225. The Morgan fingerprint density at radius 3 is 2.68 bits per heavy atom. The maximum atomic E-state index is 11.6. The van der Waals surface area contributed by atoms with E-state index in [4.69, 9.17) is 14.7 Å². The molecule has 108 valence electrons. The number of hydrogen-bond acceptors (Lipinski definition) is 4. The first kappa shape index (κ1) is 16.4. The van der Waals surface area contributed by atoms with Gasteiger partial charge in [-0.3, -0.25) is 4.79 Å². The maximum Gasteiger partial charge on any atom is 0.308 e. The summed E-state index contributed by atoms with van der Waals surface area (Å²) in [7, 11) is 2.46. The topological polar surface area (TPSA) is 59.3 Å². The lowest BCUT2D eigenvalue weighted by Crippen LogP contribution is -2.27. The van der Waals surface area contributed by atoms with Crippen LogP contribution in [0.5, 0.6) is 0 Å². The zero-order valence-corrected chi connectivity index (χ0v) is 13.0. The third kappa shape index (κ3) is 6.89. The van der Waals surface area contributed by atoms with Crippen molar-refractivity contribution in [3.8, 4) is 6.07 Å². The van der Waals surface area contributed by atoms with Crippen molar-refractivity contribution in [2.75, 3.05) is 0 Å². The van der Waals surface area contributed by atoms with Gasteiger partial charge in [-0.1, -0.05) is 19.3 Å². The van der Waals surface area contributed by atoms with E-state index < -0.39 is 11.4 Å². The first-order valence-corrected chi connectivity index (χ1v) is 7.56. The lowest BCUT2D eigenvalue weighted by Gasteiger charge is -2.25. The fourth-order valence-corrected chi connectivity index (χ4v) is 2.31. The van der Waals surface area contributed by atoms with Crippen molar-refractivity contribution in [2.24, 2.45) is 0 Å². The van der Waals surface area contributed by atoms with Gasteiger partial charge in [0.25, 0.3) is 0 Å². The van der Waals surface area contributed by atoms with E-state index in [0.717, 1.165) is 12.8 Å². The molecule has 0 amide bonds. The van der Waals surface area contributed by atoms with Crippen LogP contribution < -0.4 is 0 Å². The summed E-state index contributed by atoms with van der Waals surface area (Å²) in [6, 6.07) is 2.14. The van der Waals surface area contributed by atoms with E-state index in [1.165, 1.54) is 19.3 Å². The van der Waals surface area contributed by atoms with Crippen LogP contribution in [0.15, 0.2) is 0 Å². The minimum atomic E-state index is -0.563. The summed E-state index contributed by atoms with van der Waals surface area (Å²) in [5.41, 5.74) is 0. The molecule has 0 aliphatic heterocycles. The Labute approximate surface area is 118 Å². The Morgan fingerprint density at radius 2 is 2.11 bits per heavy atom. The van der Waals surface area contributed by atoms with Crippen LogP contribution in [-0.4, -0.2) is 23.5 Å². The van der Waals surface area contributed by atoms with Gasteiger partial charge in [0.15, 0.2) is 6.29 Å². The second kappa shape index (κ2) is 7.82.